The van der Waals surface area contributed by atoms with E-state index >= 15 is 0 Å². The summed E-state index contributed by atoms with van der Waals surface area (Å²) >= 11 is 0. The number of amides is 1. The zero-order valence-electron chi connectivity index (χ0n) is 14.0. The summed E-state index contributed by atoms with van der Waals surface area (Å²) in [5.74, 6) is -3.57. The molecular formula is C18H13F3N2O4. The fraction of sp³-hybridized carbons (Fsp3) is 0.278. The van der Waals surface area contributed by atoms with Gasteiger partial charge in [-0.1, -0.05) is 18.2 Å². The number of para-hydroxylation sites is 1. The molecule has 2 aromatic rings. The fourth-order valence-electron chi connectivity index (χ4n) is 3.77. The monoisotopic (exact) mass is 378 g/mol. The molecular weight excluding hydrogens is 365 g/mol. The highest BCUT2D eigenvalue weighted by Crippen LogP contribution is 2.44. The number of esters is 1. The molecule has 1 aromatic carbocycles. The zero-order chi connectivity index (χ0) is 19.5. The number of H-pyrrole nitrogens is 1. The average molecular weight is 378 g/mol. The minimum absolute atomic E-state index is 0.0781. The lowest BCUT2D eigenvalue weighted by molar-refractivity contribution is -0.166. The number of halogens is 3. The molecule has 0 aliphatic carbocycles. The Bertz CT molecular complexity index is 1030. The molecule has 2 aliphatic heterocycles. The SMILES string of the molecule is COC(=O)[C@@H]1Cc2c([nH]c3ccccc23)C2=C(C(=O)C(F)(F)F)CC(=O)N21. The second-order valence-electron chi connectivity index (χ2n) is 6.36. The van der Waals surface area contributed by atoms with Crippen LogP contribution in [0.3, 0.4) is 0 Å². The number of benzene rings is 1. The molecule has 27 heavy (non-hydrogen) atoms. The van der Waals surface area contributed by atoms with Crippen LogP contribution in [0.25, 0.3) is 16.6 Å². The van der Waals surface area contributed by atoms with Gasteiger partial charge in [-0.3, -0.25) is 14.5 Å². The number of nitrogens with one attached hydrogen (secondary N) is 1. The molecule has 140 valence electrons. The molecule has 0 radical (unpaired) electrons. The van der Waals surface area contributed by atoms with Gasteiger partial charge in [-0.25, -0.2) is 4.79 Å². The predicted octanol–water partition coefficient (Wildman–Crippen LogP) is 2.34. The van der Waals surface area contributed by atoms with E-state index in [1.807, 2.05) is 0 Å². The van der Waals surface area contributed by atoms with E-state index in [-0.39, 0.29) is 17.8 Å². The van der Waals surface area contributed by atoms with Gasteiger partial charge in [-0.15, -0.1) is 0 Å². The van der Waals surface area contributed by atoms with E-state index in [4.69, 9.17) is 4.74 Å². The summed E-state index contributed by atoms with van der Waals surface area (Å²) in [7, 11) is 1.14. The summed E-state index contributed by atoms with van der Waals surface area (Å²) in [6.07, 6.45) is -5.76. The van der Waals surface area contributed by atoms with Crippen LogP contribution >= 0.6 is 0 Å². The largest absolute Gasteiger partial charge is 0.467 e. The van der Waals surface area contributed by atoms with E-state index in [0.29, 0.717) is 16.5 Å². The number of aromatic nitrogens is 1. The maximum absolute atomic E-state index is 13.1. The van der Waals surface area contributed by atoms with Crippen LogP contribution in [-0.2, 0) is 25.5 Å². The Hall–Kier alpha value is -3.10. The van der Waals surface area contributed by atoms with Crippen molar-refractivity contribution in [2.24, 2.45) is 0 Å². The van der Waals surface area contributed by atoms with Crippen molar-refractivity contribution in [3.05, 3.63) is 41.1 Å². The highest BCUT2D eigenvalue weighted by atomic mass is 19.4. The third-order valence-electron chi connectivity index (χ3n) is 4.89. The number of Topliss-reactive ketones (excluding diaryl/α,β-unsaturated/α-hetero) is 1. The summed E-state index contributed by atoms with van der Waals surface area (Å²) in [5, 5.41) is 0.715. The van der Waals surface area contributed by atoms with Crippen LogP contribution in [-0.4, -0.2) is 46.9 Å². The van der Waals surface area contributed by atoms with Crippen LogP contribution in [0, 0.1) is 0 Å². The lowest BCUT2D eigenvalue weighted by Crippen LogP contribution is -2.46. The standard InChI is InChI=1S/C18H13F3N2O4/c1-27-17(26)12-6-9-8-4-2-3-5-11(8)22-14(9)15-10(7-13(24)23(12)15)16(25)18(19,20)21/h2-5,12,22H,6-7H2,1H3/t12-/m0/s1. The van der Waals surface area contributed by atoms with Crippen molar-refractivity contribution in [1.29, 1.82) is 0 Å². The van der Waals surface area contributed by atoms with E-state index in [1.165, 1.54) is 0 Å². The van der Waals surface area contributed by atoms with Crippen molar-refractivity contribution in [2.75, 3.05) is 7.11 Å². The predicted molar refractivity (Wildman–Crippen MR) is 87.3 cm³/mol. The van der Waals surface area contributed by atoms with Crippen molar-refractivity contribution in [3.63, 3.8) is 0 Å². The van der Waals surface area contributed by atoms with Crippen LogP contribution in [0.15, 0.2) is 29.8 Å². The van der Waals surface area contributed by atoms with E-state index in [2.05, 4.69) is 4.98 Å². The first-order valence-corrected chi connectivity index (χ1v) is 8.08. The molecule has 0 saturated carbocycles. The number of alkyl halides is 3. The lowest BCUT2D eigenvalue weighted by atomic mass is 9.93. The second kappa shape index (κ2) is 5.70. The van der Waals surface area contributed by atoms with Crippen LogP contribution < -0.4 is 0 Å². The molecule has 0 fully saturated rings. The minimum atomic E-state index is -5.12. The molecule has 4 rings (SSSR count). The molecule has 1 amide bonds. The Balaban J connectivity index is 2.01. The van der Waals surface area contributed by atoms with Crippen LogP contribution in [0.2, 0.25) is 0 Å². The smallest absolute Gasteiger partial charge is 0.454 e. The molecule has 1 N–H and O–H groups in total. The van der Waals surface area contributed by atoms with Crippen molar-refractivity contribution in [2.45, 2.75) is 25.1 Å². The molecule has 1 atom stereocenters. The quantitative estimate of drug-likeness (QED) is 0.814. The van der Waals surface area contributed by atoms with Crippen LogP contribution in [0.4, 0.5) is 13.2 Å². The summed E-state index contributed by atoms with van der Waals surface area (Å²) in [5.41, 5.74) is 0.631. The lowest BCUT2D eigenvalue weighted by Gasteiger charge is -2.33. The topological polar surface area (TPSA) is 79.5 Å². The van der Waals surface area contributed by atoms with Gasteiger partial charge in [0.1, 0.15) is 6.04 Å². The number of hydrogen-bond donors (Lipinski definition) is 1. The number of ether oxygens (including phenoxy) is 1. The number of ketones is 1. The third-order valence-corrected chi connectivity index (χ3v) is 4.89. The Kier molecular flexibility index (Phi) is 3.66. The first kappa shape index (κ1) is 17.3. The number of rotatable bonds is 2. The van der Waals surface area contributed by atoms with Gasteiger partial charge in [-0.2, -0.15) is 13.2 Å². The summed E-state index contributed by atoms with van der Waals surface area (Å²) in [6.45, 7) is 0. The van der Waals surface area contributed by atoms with E-state index in [0.717, 1.165) is 12.0 Å². The van der Waals surface area contributed by atoms with Crippen molar-refractivity contribution >= 4 is 34.3 Å². The molecule has 0 saturated heterocycles. The maximum atomic E-state index is 13.1. The molecule has 3 heterocycles. The van der Waals surface area contributed by atoms with Crippen molar-refractivity contribution < 1.29 is 32.3 Å². The number of carbonyl (C=O) groups is 3. The Morgan fingerprint density at radius 1 is 1.26 bits per heavy atom. The van der Waals surface area contributed by atoms with E-state index in [1.54, 1.807) is 24.3 Å². The maximum Gasteiger partial charge on any atom is 0.454 e. The van der Waals surface area contributed by atoms with Crippen molar-refractivity contribution in [3.8, 4) is 0 Å². The Labute approximate surface area is 150 Å². The zero-order valence-corrected chi connectivity index (χ0v) is 14.0. The fourth-order valence-corrected chi connectivity index (χ4v) is 3.77. The summed E-state index contributed by atoms with van der Waals surface area (Å²) in [6, 6.07) is 5.87. The third kappa shape index (κ3) is 2.45. The number of methoxy groups -OCH3 is 1. The van der Waals surface area contributed by atoms with Gasteiger partial charge in [0.2, 0.25) is 5.91 Å². The first-order chi connectivity index (χ1) is 12.7. The molecule has 0 unspecified atom stereocenters. The molecule has 0 bridgehead atoms. The van der Waals surface area contributed by atoms with Gasteiger partial charge >= 0.3 is 12.1 Å². The van der Waals surface area contributed by atoms with Crippen molar-refractivity contribution in [1.82, 2.24) is 9.88 Å². The van der Waals surface area contributed by atoms with Gasteiger partial charge in [0.05, 0.1) is 24.9 Å². The van der Waals surface area contributed by atoms with Gasteiger partial charge in [0.15, 0.2) is 0 Å². The summed E-state index contributed by atoms with van der Waals surface area (Å²) < 4.78 is 44.0. The number of nitrogens with zero attached hydrogens (tertiary/aromatic N) is 1. The highest BCUT2D eigenvalue weighted by molar-refractivity contribution is 6.16. The highest BCUT2D eigenvalue weighted by Gasteiger charge is 2.51. The molecule has 6 nitrogen and oxygen atoms in total. The number of hydrogen-bond acceptors (Lipinski definition) is 4. The second-order valence-corrected chi connectivity index (χ2v) is 6.36. The summed E-state index contributed by atoms with van der Waals surface area (Å²) in [4.78, 5) is 40.6. The Morgan fingerprint density at radius 3 is 2.63 bits per heavy atom. The van der Waals surface area contributed by atoms with Gasteiger partial charge in [0.25, 0.3) is 5.78 Å². The average Bonchev–Trinajstić information content (AvgIpc) is 3.17. The van der Waals surface area contributed by atoms with E-state index in [9.17, 15) is 27.6 Å². The number of aromatic amines is 1. The molecule has 0 spiro atoms. The molecule has 2 aliphatic rings. The van der Waals surface area contributed by atoms with E-state index < -0.39 is 41.9 Å². The molecule has 1 aromatic heterocycles. The minimum Gasteiger partial charge on any atom is -0.467 e. The van der Waals surface area contributed by atoms with Crippen LogP contribution in [0.5, 0.6) is 0 Å². The van der Waals surface area contributed by atoms with Gasteiger partial charge < -0.3 is 9.72 Å². The first-order valence-electron chi connectivity index (χ1n) is 8.08. The molecule has 9 heteroatoms. The van der Waals surface area contributed by atoms with Gasteiger partial charge in [0, 0.05) is 22.9 Å². The van der Waals surface area contributed by atoms with Crippen LogP contribution in [0.1, 0.15) is 17.7 Å². The van der Waals surface area contributed by atoms with Gasteiger partial charge in [-0.05, 0) is 11.6 Å². The number of fused-ring (bicyclic) bond motifs is 5. The number of carbonyl (C=O) groups excluding carboxylic acids is 3. The normalized spacial score (nSPS) is 19.3. The Morgan fingerprint density at radius 2 is 1.96 bits per heavy atom.